The Morgan fingerprint density at radius 1 is 1.29 bits per heavy atom. The van der Waals surface area contributed by atoms with Crippen LogP contribution in [-0.4, -0.2) is 54.6 Å². The minimum Gasteiger partial charge on any atom is -0.472 e. The fraction of sp³-hybridized carbons (Fsp3) is 0.500. The molecule has 128 valence electrons. The number of carbonyl (C=O) groups excluding carboxylic acids is 1. The van der Waals surface area contributed by atoms with Crippen LogP contribution in [0.3, 0.4) is 0 Å². The van der Waals surface area contributed by atoms with Gasteiger partial charge in [-0.2, -0.15) is 0 Å². The summed E-state index contributed by atoms with van der Waals surface area (Å²) in [6.45, 7) is 7.01. The molecule has 2 aliphatic rings. The quantitative estimate of drug-likeness (QED) is 0.857. The van der Waals surface area contributed by atoms with Crippen LogP contribution in [0.4, 0.5) is 0 Å². The highest BCUT2D eigenvalue weighted by Crippen LogP contribution is 2.27. The molecule has 5 nitrogen and oxygen atoms in total. The van der Waals surface area contributed by atoms with E-state index in [0.29, 0.717) is 12.5 Å². The Morgan fingerprint density at radius 2 is 2.21 bits per heavy atom. The van der Waals surface area contributed by atoms with Gasteiger partial charge in [0.25, 0.3) is 5.91 Å². The van der Waals surface area contributed by atoms with Crippen LogP contribution < -0.4 is 0 Å². The lowest BCUT2D eigenvalue weighted by atomic mass is 10.1. The van der Waals surface area contributed by atoms with Crippen LogP contribution in [-0.2, 0) is 11.3 Å². The molecule has 0 saturated carbocycles. The van der Waals surface area contributed by atoms with Crippen molar-refractivity contribution in [2.24, 2.45) is 5.92 Å². The Bertz CT molecular complexity index is 697. The van der Waals surface area contributed by atoms with Gasteiger partial charge in [0, 0.05) is 49.1 Å². The smallest absolute Gasteiger partial charge is 0.264 e. The minimum absolute atomic E-state index is 0.145. The Hall–Kier alpha value is -1.63. The SMILES string of the molecule is Cc1ccc(C(=O)N2C[C@H]3CN(Cc4ccoc4)CCO[C@H]3C2)s1. The molecule has 2 aromatic heterocycles. The van der Waals surface area contributed by atoms with Gasteiger partial charge in [-0.05, 0) is 25.1 Å². The van der Waals surface area contributed by atoms with Crippen molar-refractivity contribution >= 4 is 17.2 Å². The largest absolute Gasteiger partial charge is 0.472 e. The van der Waals surface area contributed by atoms with Gasteiger partial charge in [0.1, 0.15) is 0 Å². The molecule has 0 spiro atoms. The first-order valence-electron chi connectivity index (χ1n) is 8.40. The monoisotopic (exact) mass is 346 g/mol. The number of ether oxygens (including phenoxy) is 1. The minimum atomic E-state index is 0.145. The predicted molar refractivity (Wildman–Crippen MR) is 92.2 cm³/mol. The van der Waals surface area contributed by atoms with Crippen molar-refractivity contribution in [1.82, 2.24) is 9.80 Å². The molecule has 1 amide bonds. The van der Waals surface area contributed by atoms with E-state index in [1.165, 1.54) is 10.4 Å². The molecule has 2 aromatic rings. The number of fused-ring (bicyclic) bond motifs is 1. The molecule has 6 heteroatoms. The molecule has 2 fully saturated rings. The van der Waals surface area contributed by atoms with Crippen LogP contribution in [0.25, 0.3) is 0 Å². The number of carbonyl (C=O) groups is 1. The Kier molecular flexibility index (Phi) is 4.43. The summed E-state index contributed by atoms with van der Waals surface area (Å²) >= 11 is 1.57. The lowest BCUT2D eigenvalue weighted by molar-refractivity contribution is 0.0484. The van der Waals surface area contributed by atoms with Crippen LogP contribution in [0.2, 0.25) is 0 Å². The summed E-state index contributed by atoms with van der Waals surface area (Å²) in [7, 11) is 0. The van der Waals surface area contributed by atoms with Gasteiger partial charge in [0.05, 0.1) is 30.1 Å². The summed E-state index contributed by atoms with van der Waals surface area (Å²) in [5.41, 5.74) is 1.19. The van der Waals surface area contributed by atoms with Crippen molar-refractivity contribution in [3.8, 4) is 0 Å². The number of hydrogen-bond acceptors (Lipinski definition) is 5. The summed E-state index contributed by atoms with van der Waals surface area (Å²) < 4.78 is 11.2. The summed E-state index contributed by atoms with van der Waals surface area (Å²) in [6.07, 6.45) is 3.67. The highest BCUT2D eigenvalue weighted by molar-refractivity contribution is 7.13. The van der Waals surface area contributed by atoms with Gasteiger partial charge in [0.2, 0.25) is 0 Å². The van der Waals surface area contributed by atoms with Crippen molar-refractivity contribution in [3.05, 3.63) is 46.0 Å². The molecule has 2 saturated heterocycles. The maximum Gasteiger partial charge on any atom is 0.264 e. The number of amides is 1. The zero-order chi connectivity index (χ0) is 16.5. The second-order valence-corrected chi connectivity index (χ2v) is 7.94. The predicted octanol–water partition coefficient (Wildman–Crippen LogP) is 2.62. The second-order valence-electron chi connectivity index (χ2n) is 6.66. The van der Waals surface area contributed by atoms with E-state index in [9.17, 15) is 4.79 Å². The van der Waals surface area contributed by atoms with E-state index in [2.05, 4.69) is 4.90 Å². The molecule has 24 heavy (non-hydrogen) atoms. The maximum atomic E-state index is 12.7. The molecule has 4 rings (SSSR count). The van der Waals surface area contributed by atoms with Gasteiger partial charge in [-0.25, -0.2) is 0 Å². The summed E-state index contributed by atoms with van der Waals surface area (Å²) in [6, 6.07) is 5.95. The van der Waals surface area contributed by atoms with Gasteiger partial charge >= 0.3 is 0 Å². The van der Waals surface area contributed by atoms with Crippen LogP contribution in [0.15, 0.2) is 35.1 Å². The van der Waals surface area contributed by atoms with E-state index in [4.69, 9.17) is 9.15 Å². The molecule has 2 atom stereocenters. The number of likely N-dealkylation sites (tertiary alicyclic amines) is 1. The molecule has 0 radical (unpaired) electrons. The average Bonchev–Trinajstić information content (AvgIpc) is 3.28. The third kappa shape index (κ3) is 3.27. The van der Waals surface area contributed by atoms with Crippen molar-refractivity contribution in [3.63, 3.8) is 0 Å². The lowest BCUT2D eigenvalue weighted by Crippen LogP contribution is -2.33. The Balaban J connectivity index is 1.41. The number of nitrogens with zero attached hydrogens (tertiary/aromatic N) is 2. The molecule has 4 heterocycles. The molecule has 0 aromatic carbocycles. The second kappa shape index (κ2) is 6.70. The molecular formula is C18H22N2O3S. The van der Waals surface area contributed by atoms with Gasteiger partial charge < -0.3 is 14.1 Å². The van der Waals surface area contributed by atoms with E-state index in [0.717, 1.165) is 37.7 Å². The first-order valence-corrected chi connectivity index (χ1v) is 9.21. The fourth-order valence-electron chi connectivity index (χ4n) is 3.62. The number of furan rings is 1. The molecule has 0 bridgehead atoms. The van der Waals surface area contributed by atoms with E-state index in [-0.39, 0.29) is 12.0 Å². The molecular weight excluding hydrogens is 324 g/mol. The number of thiophene rings is 1. The zero-order valence-corrected chi connectivity index (χ0v) is 14.6. The van der Waals surface area contributed by atoms with E-state index >= 15 is 0 Å². The molecule has 2 aliphatic heterocycles. The summed E-state index contributed by atoms with van der Waals surface area (Å²) in [4.78, 5) is 19.1. The van der Waals surface area contributed by atoms with Gasteiger partial charge in [-0.15, -0.1) is 11.3 Å². The van der Waals surface area contributed by atoms with Crippen LogP contribution in [0.1, 0.15) is 20.1 Å². The normalized spacial score (nSPS) is 24.8. The number of aryl methyl sites for hydroxylation is 1. The van der Waals surface area contributed by atoms with Gasteiger partial charge in [-0.1, -0.05) is 0 Å². The van der Waals surface area contributed by atoms with Crippen molar-refractivity contribution in [1.29, 1.82) is 0 Å². The zero-order valence-electron chi connectivity index (χ0n) is 13.8. The number of hydrogen-bond donors (Lipinski definition) is 0. The average molecular weight is 346 g/mol. The van der Waals surface area contributed by atoms with Gasteiger partial charge in [0.15, 0.2) is 0 Å². The maximum absolute atomic E-state index is 12.7. The topological polar surface area (TPSA) is 45.9 Å². The highest BCUT2D eigenvalue weighted by Gasteiger charge is 2.38. The first kappa shape index (κ1) is 15.9. The number of rotatable bonds is 3. The molecule has 0 N–H and O–H groups in total. The van der Waals surface area contributed by atoms with Crippen molar-refractivity contribution in [2.75, 3.05) is 32.8 Å². The van der Waals surface area contributed by atoms with Crippen molar-refractivity contribution < 1.29 is 13.9 Å². The van der Waals surface area contributed by atoms with E-state index in [1.807, 2.05) is 30.0 Å². The van der Waals surface area contributed by atoms with E-state index in [1.54, 1.807) is 23.9 Å². The van der Waals surface area contributed by atoms with Crippen molar-refractivity contribution in [2.45, 2.75) is 19.6 Å². The first-order chi connectivity index (χ1) is 11.7. The summed E-state index contributed by atoms with van der Waals surface area (Å²) in [5.74, 6) is 0.524. The molecule has 0 aliphatic carbocycles. The summed E-state index contributed by atoms with van der Waals surface area (Å²) in [5, 5.41) is 0. The van der Waals surface area contributed by atoms with Crippen LogP contribution >= 0.6 is 11.3 Å². The lowest BCUT2D eigenvalue weighted by Gasteiger charge is -2.22. The third-order valence-corrected chi connectivity index (χ3v) is 5.83. The molecule has 0 unspecified atom stereocenters. The Morgan fingerprint density at radius 3 is 2.96 bits per heavy atom. The Labute approximate surface area is 145 Å². The fourth-order valence-corrected chi connectivity index (χ4v) is 4.45. The van der Waals surface area contributed by atoms with Crippen LogP contribution in [0, 0.1) is 12.8 Å². The third-order valence-electron chi connectivity index (χ3n) is 4.84. The van der Waals surface area contributed by atoms with Gasteiger partial charge in [-0.3, -0.25) is 9.69 Å². The van der Waals surface area contributed by atoms with Crippen LogP contribution in [0.5, 0.6) is 0 Å². The van der Waals surface area contributed by atoms with E-state index < -0.39 is 0 Å². The highest BCUT2D eigenvalue weighted by atomic mass is 32.1. The standard InChI is InChI=1S/C18H22N2O3S/c1-13-2-3-17(24-13)18(21)20-10-15-9-19(5-7-23-16(15)11-20)8-14-4-6-22-12-14/h2-4,6,12,15-16H,5,7-11H2,1H3/t15-,16+/m1/s1.